The molecule has 1 aliphatic rings. The van der Waals surface area contributed by atoms with Gasteiger partial charge in [-0.25, -0.2) is 9.55 Å². The molecule has 5 atom stereocenters. The third-order valence-corrected chi connectivity index (χ3v) is 7.89. The minimum Gasteiger partial charge on any atom is -0.493 e. The van der Waals surface area contributed by atoms with Gasteiger partial charge in [-0.05, 0) is 12.1 Å². The molecule has 0 radical (unpaired) electrons. The summed E-state index contributed by atoms with van der Waals surface area (Å²) < 4.78 is 36.4. The summed E-state index contributed by atoms with van der Waals surface area (Å²) in [7, 11) is -4.26. The summed E-state index contributed by atoms with van der Waals surface area (Å²) in [4.78, 5) is 27.5. The molecule has 37 heavy (non-hydrogen) atoms. The van der Waals surface area contributed by atoms with E-state index < -0.39 is 56.0 Å². The molecule has 14 heteroatoms. The third-order valence-electron chi connectivity index (χ3n) is 5.25. The number of rotatable bonds is 11. The van der Waals surface area contributed by atoms with Crippen molar-refractivity contribution >= 4 is 30.5 Å². The van der Waals surface area contributed by atoms with Gasteiger partial charge in [0.05, 0.1) is 13.2 Å². The van der Waals surface area contributed by atoms with E-state index in [1.807, 2.05) is 0 Å². The molecule has 1 fully saturated rings. The number of nitrogens with zero attached hydrogens (tertiary/aromatic N) is 2. The number of ketones is 1. The van der Waals surface area contributed by atoms with Gasteiger partial charge in [-0.3, -0.25) is 23.2 Å². The molecule has 3 rings (SSSR count). The van der Waals surface area contributed by atoms with Gasteiger partial charge in [0.25, 0.3) is 0 Å². The number of benzene rings is 1. The monoisotopic (exact) mass is 558 g/mol. The fraction of sp³-hybridized carbons (Fsp3) is 0.522. The lowest BCUT2D eigenvalue weighted by atomic mass is 10.00. The zero-order valence-corrected chi connectivity index (χ0v) is 22.6. The molecular formula is C23H31N2O10PS. The van der Waals surface area contributed by atoms with Crippen LogP contribution in [0.5, 0.6) is 11.6 Å². The van der Waals surface area contributed by atoms with Gasteiger partial charge in [-0.2, -0.15) is 0 Å². The number of aromatic nitrogens is 2. The van der Waals surface area contributed by atoms with Crippen LogP contribution in [0.25, 0.3) is 0 Å². The van der Waals surface area contributed by atoms with E-state index in [1.165, 1.54) is 6.92 Å². The molecule has 1 saturated heterocycles. The van der Waals surface area contributed by atoms with Gasteiger partial charge >= 0.3 is 7.82 Å². The molecule has 1 aliphatic heterocycles. The Labute approximate surface area is 218 Å². The summed E-state index contributed by atoms with van der Waals surface area (Å²) in [5, 5.41) is 31.1. The Bertz CT molecular complexity index is 1140. The molecule has 2 unspecified atom stereocenters. The number of aliphatic hydroxyl groups excluding tert-OH is 2. The highest BCUT2D eigenvalue weighted by Gasteiger charge is 2.46. The zero-order valence-electron chi connectivity index (χ0n) is 20.8. The summed E-state index contributed by atoms with van der Waals surface area (Å²) >= 11 is 1.03. The van der Waals surface area contributed by atoms with Gasteiger partial charge in [0.1, 0.15) is 30.4 Å². The number of phosphoric acid groups is 1. The standard InChI is InChI=1S/C23H31N2O10PS/c1-14(26)17-20(29)25(13-24-17)21-19(28)18(27)16(34-21)12-33-36(31,35-15-8-6-5-7-9-15)32-10-11-37-22(30)23(2,3)4/h5-9,13,16,18-19,21,27-29H,10-12H2,1-4H3/t16-,18?,19-,21-,36?/m1/s1. The first-order valence-electron chi connectivity index (χ1n) is 11.4. The number of imidazole rings is 1. The Morgan fingerprint density at radius 3 is 2.43 bits per heavy atom. The molecular weight excluding hydrogens is 527 g/mol. The van der Waals surface area contributed by atoms with Crippen molar-refractivity contribution in [2.75, 3.05) is 19.0 Å². The Morgan fingerprint density at radius 1 is 1.16 bits per heavy atom. The molecule has 12 nitrogen and oxygen atoms in total. The average molecular weight is 559 g/mol. The normalized spacial score (nSPS) is 23.5. The molecule has 0 bridgehead atoms. The summed E-state index contributed by atoms with van der Waals surface area (Å²) in [6, 6.07) is 8.16. The maximum Gasteiger partial charge on any atom is 0.530 e. The van der Waals surface area contributed by atoms with E-state index in [2.05, 4.69) is 4.98 Å². The van der Waals surface area contributed by atoms with Crippen molar-refractivity contribution in [1.29, 1.82) is 0 Å². The van der Waals surface area contributed by atoms with E-state index >= 15 is 0 Å². The van der Waals surface area contributed by atoms with Crippen LogP contribution in [-0.2, 0) is 23.1 Å². The number of phosphoric ester groups is 1. The van der Waals surface area contributed by atoms with Crippen molar-refractivity contribution in [1.82, 2.24) is 9.55 Å². The Balaban J connectivity index is 1.67. The fourth-order valence-electron chi connectivity index (χ4n) is 3.25. The highest BCUT2D eigenvalue weighted by atomic mass is 32.2. The second-order valence-corrected chi connectivity index (χ2v) is 12.0. The minimum absolute atomic E-state index is 0.0611. The number of aliphatic hydroxyl groups is 2. The lowest BCUT2D eigenvalue weighted by Gasteiger charge is -2.21. The van der Waals surface area contributed by atoms with Crippen molar-refractivity contribution in [3.05, 3.63) is 42.4 Å². The first-order valence-corrected chi connectivity index (χ1v) is 13.9. The van der Waals surface area contributed by atoms with Crippen molar-refractivity contribution in [3.63, 3.8) is 0 Å². The maximum absolute atomic E-state index is 13.4. The second-order valence-electron chi connectivity index (χ2n) is 9.29. The number of para-hydroxylation sites is 1. The number of carbonyl (C=O) groups excluding carboxylic acids is 2. The number of ether oxygens (including phenoxy) is 1. The van der Waals surface area contributed by atoms with E-state index in [0.29, 0.717) is 0 Å². The van der Waals surface area contributed by atoms with E-state index in [0.717, 1.165) is 22.7 Å². The molecule has 2 aromatic rings. The van der Waals surface area contributed by atoms with E-state index in [1.54, 1.807) is 51.1 Å². The van der Waals surface area contributed by atoms with Crippen LogP contribution in [-0.4, -0.2) is 73.0 Å². The number of hydrogen-bond donors (Lipinski definition) is 3. The van der Waals surface area contributed by atoms with Crippen LogP contribution >= 0.6 is 19.6 Å². The molecule has 2 heterocycles. The van der Waals surface area contributed by atoms with Crippen molar-refractivity contribution in [2.24, 2.45) is 5.41 Å². The Kier molecular flexibility index (Phi) is 9.57. The molecule has 204 valence electrons. The maximum atomic E-state index is 13.4. The quantitative estimate of drug-likeness (QED) is 0.210. The summed E-state index contributed by atoms with van der Waals surface area (Å²) in [6.45, 7) is 5.93. The first kappa shape index (κ1) is 29.3. The van der Waals surface area contributed by atoms with E-state index in [4.69, 9.17) is 18.3 Å². The Morgan fingerprint density at radius 2 is 1.84 bits per heavy atom. The topological polar surface area (TPSA) is 167 Å². The average Bonchev–Trinajstić information content (AvgIpc) is 3.34. The van der Waals surface area contributed by atoms with Crippen LogP contribution in [0, 0.1) is 5.41 Å². The molecule has 0 spiro atoms. The van der Waals surface area contributed by atoms with Crippen LogP contribution in [0.1, 0.15) is 44.4 Å². The predicted octanol–water partition coefficient (Wildman–Crippen LogP) is 2.94. The molecule has 0 saturated carbocycles. The SMILES string of the molecule is CC(=O)c1ncn([C@@H]2O[C@H](COP(=O)(OCCSC(=O)C(C)(C)C)Oc3ccccc3)C(O)[C@H]2O)c1O. The Hall–Kier alpha value is -2.25. The third kappa shape index (κ3) is 7.41. The summed E-state index contributed by atoms with van der Waals surface area (Å²) in [5.41, 5.74) is -0.768. The van der Waals surface area contributed by atoms with Gasteiger partial charge in [0.15, 0.2) is 22.8 Å². The van der Waals surface area contributed by atoms with Crippen LogP contribution in [0.3, 0.4) is 0 Å². The van der Waals surface area contributed by atoms with Crippen LogP contribution in [0.15, 0.2) is 36.7 Å². The molecule has 1 aromatic heterocycles. The molecule has 3 N–H and O–H groups in total. The number of thioether (sulfide) groups is 1. The highest BCUT2D eigenvalue weighted by Crippen LogP contribution is 2.50. The van der Waals surface area contributed by atoms with Crippen molar-refractivity contribution in [2.45, 2.75) is 52.2 Å². The summed E-state index contributed by atoms with van der Waals surface area (Å²) in [5.74, 6) is -0.629. The van der Waals surface area contributed by atoms with Gasteiger partial charge in [-0.15, -0.1) is 0 Å². The van der Waals surface area contributed by atoms with Crippen molar-refractivity contribution in [3.8, 4) is 11.6 Å². The van der Waals surface area contributed by atoms with Gasteiger partial charge in [0, 0.05) is 18.1 Å². The molecule has 0 aliphatic carbocycles. The lowest BCUT2D eigenvalue weighted by Crippen LogP contribution is -2.33. The van der Waals surface area contributed by atoms with Gasteiger partial charge in [0.2, 0.25) is 5.88 Å². The van der Waals surface area contributed by atoms with Crippen LogP contribution in [0.4, 0.5) is 0 Å². The van der Waals surface area contributed by atoms with Crippen LogP contribution in [0.2, 0.25) is 0 Å². The highest BCUT2D eigenvalue weighted by molar-refractivity contribution is 8.13. The zero-order chi connectivity index (χ0) is 27.4. The fourth-order valence-corrected chi connectivity index (χ4v) is 5.36. The predicted molar refractivity (Wildman–Crippen MR) is 133 cm³/mol. The number of aromatic hydroxyl groups is 1. The lowest BCUT2D eigenvalue weighted by molar-refractivity contribution is -0.117. The van der Waals surface area contributed by atoms with Gasteiger partial charge < -0.3 is 24.6 Å². The number of hydrogen-bond acceptors (Lipinski definition) is 12. The molecule has 1 aromatic carbocycles. The second kappa shape index (κ2) is 12.1. The first-order chi connectivity index (χ1) is 17.3. The van der Waals surface area contributed by atoms with E-state index in [9.17, 15) is 29.5 Å². The summed E-state index contributed by atoms with van der Waals surface area (Å²) in [6.07, 6.45) is -4.42. The molecule has 0 amide bonds. The minimum atomic E-state index is -4.26. The largest absolute Gasteiger partial charge is 0.530 e. The number of Topliss-reactive ketones (excluding diaryl/α,β-unsaturated/α-hetero) is 1. The number of carbonyl (C=O) groups is 2. The van der Waals surface area contributed by atoms with Gasteiger partial charge in [-0.1, -0.05) is 50.7 Å². The smallest absolute Gasteiger partial charge is 0.493 e. The van der Waals surface area contributed by atoms with E-state index in [-0.39, 0.29) is 28.9 Å². The van der Waals surface area contributed by atoms with Crippen molar-refractivity contribution < 1.29 is 47.8 Å². The van der Waals surface area contributed by atoms with Crippen LogP contribution < -0.4 is 4.52 Å².